The van der Waals surface area contributed by atoms with Gasteiger partial charge in [-0.3, -0.25) is 4.79 Å². The van der Waals surface area contributed by atoms with E-state index in [2.05, 4.69) is 31.1 Å². The van der Waals surface area contributed by atoms with Gasteiger partial charge in [-0.1, -0.05) is 25.6 Å². The Morgan fingerprint density at radius 3 is 2.68 bits per heavy atom. The number of ether oxygens (including phenoxy) is 1. The van der Waals surface area contributed by atoms with Crippen molar-refractivity contribution in [3.8, 4) is 17.2 Å². The lowest BCUT2D eigenvalue weighted by atomic mass is 9.97. The van der Waals surface area contributed by atoms with Crippen LogP contribution in [0.2, 0.25) is 19.6 Å². The maximum atomic E-state index is 11.6. The molecule has 0 atom stereocenters. The molecule has 0 saturated heterocycles. The minimum atomic E-state index is -1.43. The van der Waals surface area contributed by atoms with Gasteiger partial charge in [0, 0.05) is 5.56 Å². The zero-order chi connectivity index (χ0) is 14.0. The summed E-state index contributed by atoms with van der Waals surface area (Å²) < 4.78 is 5.76. The van der Waals surface area contributed by atoms with Gasteiger partial charge < -0.3 is 4.74 Å². The summed E-state index contributed by atoms with van der Waals surface area (Å²) in [6.07, 6.45) is 1.98. The van der Waals surface area contributed by atoms with Gasteiger partial charge >= 0.3 is 0 Å². The molecule has 0 bridgehead atoms. The summed E-state index contributed by atoms with van der Waals surface area (Å²) in [5, 5.41) is 0. The predicted molar refractivity (Wildman–Crippen MR) is 80.5 cm³/mol. The number of carbonyl (C=O) groups excluding carboxylic acids is 1. The van der Waals surface area contributed by atoms with Crippen LogP contribution in [0.3, 0.4) is 0 Å². The highest BCUT2D eigenvalue weighted by Gasteiger charge is 2.17. The van der Waals surface area contributed by atoms with Crippen LogP contribution in [0.5, 0.6) is 5.75 Å². The number of ketones is 1. The number of hydrogen-bond donors (Lipinski definition) is 0. The monoisotopic (exact) mass is 272 g/mol. The summed E-state index contributed by atoms with van der Waals surface area (Å²) in [7, 11) is -1.43. The summed E-state index contributed by atoms with van der Waals surface area (Å²) in [6.45, 7) is 8.97. The minimum Gasteiger partial charge on any atom is -0.492 e. The first-order chi connectivity index (χ1) is 8.87. The maximum Gasteiger partial charge on any atom is 0.159 e. The molecule has 0 amide bonds. The molecule has 2 nitrogen and oxygen atoms in total. The summed E-state index contributed by atoms with van der Waals surface area (Å²) in [5.41, 5.74) is 6.10. The first-order valence-electron chi connectivity index (χ1n) is 6.71. The van der Waals surface area contributed by atoms with E-state index in [1.807, 2.05) is 12.1 Å². The van der Waals surface area contributed by atoms with Gasteiger partial charge in [-0.15, -0.1) is 5.54 Å². The standard InChI is InChI=1S/C16H20O2Si/c1-12(17)15-10-13-6-5-8-18-16(13)14(11-15)7-9-19(2,3)4/h10-11H,5-6,8H2,1-4H3. The zero-order valence-corrected chi connectivity index (χ0v) is 13.1. The Hall–Kier alpha value is -1.53. The van der Waals surface area contributed by atoms with E-state index in [9.17, 15) is 4.79 Å². The molecule has 1 aliphatic rings. The fraction of sp³-hybridized carbons (Fsp3) is 0.438. The Morgan fingerprint density at radius 2 is 2.05 bits per heavy atom. The number of benzene rings is 1. The molecule has 1 aliphatic heterocycles. The highest BCUT2D eigenvalue weighted by Crippen LogP contribution is 2.30. The first-order valence-corrected chi connectivity index (χ1v) is 10.2. The Balaban J connectivity index is 2.53. The minimum absolute atomic E-state index is 0.0874. The van der Waals surface area contributed by atoms with Crippen LogP contribution in [0.1, 0.15) is 34.8 Å². The van der Waals surface area contributed by atoms with Crippen LogP contribution < -0.4 is 4.74 Å². The molecule has 0 radical (unpaired) electrons. The fourth-order valence-electron chi connectivity index (χ4n) is 2.03. The molecule has 0 aliphatic carbocycles. The van der Waals surface area contributed by atoms with Crippen LogP contribution in [-0.2, 0) is 6.42 Å². The SMILES string of the molecule is CC(=O)c1cc(C#C[Si](C)(C)C)c2c(c1)CCCO2. The highest BCUT2D eigenvalue weighted by atomic mass is 28.3. The van der Waals surface area contributed by atoms with E-state index < -0.39 is 8.07 Å². The quantitative estimate of drug-likeness (QED) is 0.445. The molecule has 1 heterocycles. The predicted octanol–water partition coefficient (Wildman–Crippen LogP) is 3.44. The lowest BCUT2D eigenvalue weighted by molar-refractivity contribution is 0.101. The molecule has 3 heteroatoms. The average molecular weight is 272 g/mol. The molecule has 0 fully saturated rings. The van der Waals surface area contributed by atoms with E-state index in [1.165, 1.54) is 0 Å². The van der Waals surface area contributed by atoms with E-state index in [4.69, 9.17) is 4.74 Å². The summed E-state index contributed by atoms with van der Waals surface area (Å²) >= 11 is 0. The van der Waals surface area contributed by atoms with Crippen LogP contribution in [0.4, 0.5) is 0 Å². The second-order valence-electron chi connectivity index (χ2n) is 6.02. The van der Waals surface area contributed by atoms with Gasteiger partial charge in [0.05, 0.1) is 12.2 Å². The van der Waals surface area contributed by atoms with Gasteiger partial charge in [-0.05, 0) is 37.5 Å². The van der Waals surface area contributed by atoms with Crippen molar-refractivity contribution in [2.75, 3.05) is 6.61 Å². The molecular formula is C16H20O2Si. The second-order valence-corrected chi connectivity index (χ2v) is 10.8. The molecule has 0 aromatic heterocycles. The number of rotatable bonds is 1. The smallest absolute Gasteiger partial charge is 0.159 e. The third kappa shape index (κ3) is 3.48. The van der Waals surface area contributed by atoms with E-state index >= 15 is 0 Å². The molecule has 0 unspecified atom stereocenters. The molecule has 100 valence electrons. The van der Waals surface area contributed by atoms with E-state index in [1.54, 1.807) is 6.92 Å². The number of fused-ring (bicyclic) bond motifs is 1. The van der Waals surface area contributed by atoms with Crippen molar-refractivity contribution in [2.45, 2.75) is 39.4 Å². The Bertz CT molecular complexity index is 571. The largest absolute Gasteiger partial charge is 0.492 e. The molecule has 0 saturated carbocycles. The van der Waals surface area contributed by atoms with Crippen LogP contribution in [0, 0.1) is 11.5 Å². The molecule has 2 rings (SSSR count). The van der Waals surface area contributed by atoms with Gasteiger partial charge in [0.1, 0.15) is 13.8 Å². The maximum absolute atomic E-state index is 11.6. The Morgan fingerprint density at radius 1 is 1.32 bits per heavy atom. The van der Waals surface area contributed by atoms with Crippen LogP contribution >= 0.6 is 0 Å². The lowest BCUT2D eigenvalue weighted by Crippen LogP contribution is -2.16. The average Bonchev–Trinajstić information content (AvgIpc) is 2.34. The summed E-state index contributed by atoms with van der Waals surface area (Å²) in [5.74, 6) is 4.22. The van der Waals surface area contributed by atoms with E-state index in [0.717, 1.165) is 41.9 Å². The number of Topliss-reactive ketones (excluding diaryl/α,β-unsaturated/α-hetero) is 1. The summed E-state index contributed by atoms with van der Waals surface area (Å²) in [4.78, 5) is 11.6. The lowest BCUT2D eigenvalue weighted by Gasteiger charge is -2.19. The highest BCUT2D eigenvalue weighted by molar-refractivity contribution is 6.83. The molecular weight excluding hydrogens is 252 g/mol. The number of hydrogen-bond acceptors (Lipinski definition) is 2. The van der Waals surface area contributed by atoms with Crippen molar-refractivity contribution in [3.63, 3.8) is 0 Å². The third-order valence-corrected chi connectivity index (χ3v) is 3.86. The molecule has 19 heavy (non-hydrogen) atoms. The van der Waals surface area contributed by atoms with Gasteiger partial charge in [0.25, 0.3) is 0 Å². The number of carbonyl (C=O) groups is 1. The van der Waals surface area contributed by atoms with Crippen LogP contribution in [-0.4, -0.2) is 20.5 Å². The van der Waals surface area contributed by atoms with Crippen molar-refractivity contribution in [3.05, 3.63) is 28.8 Å². The van der Waals surface area contributed by atoms with Gasteiger partial charge in [0.15, 0.2) is 5.78 Å². The van der Waals surface area contributed by atoms with Crippen molar-refractivity contribution < 1.29 is 9.53 Å². The zero-order valence-electron chi connectivity index (χ0n) is 12.1. The molecule has 1 aromatic carbocycles. The van der Waals surface area contributed by atoms with Crippen molar-refractivity contribution in [1.82, 2.24) is 0 Å². The second kappa shape index (κ2) is 5.22. The molecule has 0 spiro atoms. The van der Waals surface area contributed by atoms with Crippen LogP contribution in [0.15, 0.2) is 12.1 Å². The Kier molecular flexibility index (Phi) is 3.82. The van der Waals surface area contributed by atoms with E-state index in [-0.39, 0.29) is 5.78 Å². The van der Waals surface area contributed by atoms with Gasteiger partial charge in [-0.2, -0.15) is 0 Å². The first kappa shape index (κ1) is 13.9. The number of aryl methyl sites for hydroxylation is 1. The van der Waals surface area contributed by atoms with Crippen molar-refractivity contribution in [2.24, 2.45) is 0 Å². The fourth-order valence-corrected chi connectivity index (χ4v) is 2.54. The Labute approximate surface area is 116 Å². The van der Waals surface area contributed by atoms with Crippen LogP contribution in [0.25, 0.3) is 0 Å². The third-order valence-electron chi connectivity index (χ3n) is 2.98. The topological polar surface area (TPSA) is 26.3 Å². The molecule has 0 N–H and O–H groups in total. The van der Waals surface area contributed by atoms with Crippen molar-refractivity contribution in [1.29, 1.82) is 0 Å². The molecule has 1 aromatic rings. The summed E-state index contributed by atoms with van der Waals surface area (Å²) in [6, 6.07) is 3.83. The normalized spacial score (nSPS) is 13.9. The van der Waals surface area contributed by atoms with E-state index in [0.29, 0.717) is 0 Å². The van der Waals surface area contributed by atoms with Crippen molar-refractivity contribution >= 4 is 13.9 Å². The van der Waals surface area contributed by atoms with Gasteiger partial charge in [-0.25, -0.2) is 0 Å². The van der Waals surface area contributed by atoms with Gasteiger partial charge in [0.2, 0.25) is 0 Å².